The van der Waals surface area contributed by atoms with E-state index in [1.807, 2.05) is 13.0 Å². The van der Waals surface area contributed by atoms with Crippen LogP contribution in [0.25, 0.3) is 0 Å². The Morgan fingerprint density at radius 1 is 1.28 bits per heavy atom. The SMILES string of the molecule is Cc1cccnc1CC(O)c1cc(F)ccc1F. The van der Waals surface area contributed by atoms with Crippen molar-refractivity contribution in [3.8, 4) is 0 Å². The van der Waals surface area contributed by atoms with E-state index in [4.69, 9.17) is 0 Å². The molecule has 0 aliphatic heterocycles. The average molecular weight is 249 g/mol. The second kappa shape index (κ2) is 5.23. The van der Waals surface area contributed by atoms with Crippen molar-refractivity contribution < 1.29 is 13.9 Å². The van der Waals surface area contributed by atoms with Gasteiger partial charge >= 0.3 is 0 Å². The Bertz CT molecular complexity index is 557. The van der Waals surface area contributed by atoms with Crippen molar-refractivity contribution in [3.05, 3.63) is 65.0 Å². The lowest BCUT2D eigenvalue weighted by molar-refractivity contribution is 0.171. The van der Waals surface area contributed by atoms with Gasteiger partial charge in [-0.1, -0.05) is 6.07 Å². The molecule has 0 amide bonds. The van der Waals surface area contributed by atoms with Crippen LogP contribution in [0, 0.1) is 18.6 Å². The fourth-order valence-corrected chi connectivity index (χ4v) is 1.80. The molecule has 0 saturated heterocycles. The van der Waals surface area contributed by atoms with Gasteiger partial charge in [0, 0.05) is 23.9 Å². The summed E-state index contributed by atoms with van der Waals surface area (Å²) in [4.78, 5) is 4.12. The number of hydrogen-bond donors (Lipinski definition) is 1. The van der Waals surface area contributed by atoms with E-state index in [9.17, 15) is 13.9 Å². The summed E-state index contributed by atoms with van der Waals surface area (Å²) in [5.41, 5.74) is 1.54. The summed E-state index contributed by atoms with van der Waals surface area (Å²) in [5, 5.41) is 9.96. The molecule has 2 nitrogen and oxygen atoms in total. The van der Waals surface area contributed by atoms with Crippen molar-refractivity contribution in [2.75, 3.05) is 0 Å². The van der Waals surface area contributed by atoms with Crippen molar-refractivity contribution >= 4 is 0 Å². The predicted molar refractivity (Wildman–Crippen MR) is 64.0 cm³/mol. The zero-order valence-corrected chi connectivity index (χ0v) is 9.90. The molecule has 1 atom stereocenters. The molecule has 0 spiro atoms. The number of nitrogens with zero attached hydrogens (tertiary/aromatic N) is 1. The molecule has 18 heavy (non-hydrogen) atoms. The Hall–Kier alpha value is -1.81. The number of aliphatic hydroxyl groups is 1. The summed E-state index contributed by atoms with van der Waals surface area (Å²) in [6, 6.07) is 6.69. The molecule has 2 aromatic rings. The van der Waals surface area contributed by atoms with E-state index in [1.165, 1.54) is 0 Å². The van der Waals surface area contributed by atoms with Gasteiger partial charge < -0.3 is 5.11 Å². The van der Waals surface area contributed by atoms with E-state index < -0.39 is 17.7 Å². The summed E-state index contributed by atoms with van der Waals surface area (Å²) in [6.45, 7) is 1.86. The van der Waals surface area contributed by atoms with Gasteiger partial charge in [0.2, 0.25) is 0 Å². The van der Waals surface area contributed by atoms with Crippen molar-refractivity contribution in [1.29, 1.82) is 0 Å². The number of rotatable bonds is 3. The molecule has 4 heteroatoms. The van der Waals surface area contributed by atoms with E-state index in [2.05, 4.69) is 4.98 Å². The molecule has 0 bridgehead atoms. The molecule has 1 heterocycles. The number of aliphatic hydroxyl groups excluding tert-OH is 1. The molecule has 0 aliphatic carbocycles. The van der Waals surface area contributed by atoms with Crippen LogP contribution in [-0.2, 0) is 6.42 Å². The largest absolute Gasteiger partial charge is 0.388 e. The van der Waals surface area contributed by atoms with Crippen LogP contribution in [0.5, 0.6) is 0 Å². The van der Waals surface area contributed by atoms with E-state index >= 15 is 0 Å². The summed E-state index contributed by atoms with van der Waals surface area (Å²) >= 11 is 0. The van der Waals surface area contributed by atoms with Crippen LogP contribution in [0.4, 0.5) is 8.78 Å². The highest BCUT2D eigenvalue weighted by atomic mass is 19.1. The minimum atomic E-state index is -1.10. The van der Waals surface area contributed by atoms with E-state index in [1.54, 1.807) is 12.3 Å². The van der Waals surface area contributed by atoms with Crippen LogP contribution < -0.4 is 0 Å². The van der Waals surface area contributed by atoms with Gasteiger partial charge in [-0.25, -0.2) is 8.78 Å². The lowest BCUT2D eigenvalue weighted by Gasteiger charge is -2.13. The van der Waals surface area contributed by atoms with Gasteiger partial charge in [-0.05, 0) is 36.8 Å². The fourth-order valence-electron chi connectivity index (χ4n) is 1.80. The Morgan fingerprint density at radius 2 is 2.06 bits per heavy atom. The molecule has 1 aromatic heterocycles. The van der Waals surface area contributed by atoms with Crippen LogP contribution in [-0.4, -0.2) is 10.1 Å². The summed E-state index contributed by atoms with van der Waals surface area (Å²) in [5.74, 6) is -1.18. The average Bonchev–Trinajstić information content (AvgIpc) is 2.35. The quantitative estimate of drug-likeness (QED) is 0.907. The van der Waals surface area contributed by atoms with Crippen molar-refractivity contribution in [2.24, 2.45) is 0 Å². The molecule has 94 valence electrons. The molecule has 2 rings (SSSR count). The number of benzene rings is 1. The molecular formula is C14H13F2NO. The summed E-state index contributed by atoms with van der Waals surface area (Å²) in [7, 11) is 0. The second-order valence-corrected chi connectivity index (χ2v) is 4.15. The number of hydrogen-bond acceptors (Lipinski definition) is 2. The third-order valence-electron chi connectivity index (χ3n) is 2.82. The van der Waals surface area contributed by atoms with Crippen LogP contribution in [0.3, 0.4) is 0 Å². The summed E-state index contributed by atoms with van der Waals surface area (Å²) in [6.07, 6.45) is 0.665. The molecule has 1 aromatic carbocycles. The first-order valence-electron chi connectivity index (χ1n) is 5.61. The third-order valence-corrected chi connectivity index (χ3v) is 2.82. The molecule has 0 aliphatic rings. The van der Waals surface area contributed by atoms with Gasteiger partial charge in [0.1, 0.15) is 11.6 Å². The van der Waals surface area contributed by atoms with Crippen LogP contribution in [0.1, 0.15) is 22.9 Å². The number of halogens is 2. The standard InChI is InChI=1S/C14H13F2NO/c1-9-3-2-6-17-13(9)8-14(18)11-7-10(15)4-5-12(11)16/h2-7,14,18H,8H2,1H3. The van der Waals surface area contributed by atoms with E-state index in [0.29, 0.717) is 5.69 Å². The maximum Gasteiger partial charge on any atom is 0.129 e. The molecule has 1 N–H and O–H groups in total. The van der Waals surface area contributed by atoms with Crippen molar-refractivity contribution in [1.82, 2.24) is 4.98 Å². The first kappa shape index (κ1) is 12.6. The van der Waals surface area contributed by atoms with Crippen molar-refractivity contribution in [2.45, 2.75) is 19.4 Å². The number of pyridine rings is 1. The maximum absolute atomic E-state index is 13.5. The maximum atomic E-state index is 13.5. The van der Waals surface area contributed by atoms with Gasteiger partial charge in [-0.2, -0.15) is 0 Å². The van der Waals surface area contributed by atoms with Crippen molar-refractivity contribution in [3.63, 3.8) is 0 Å². The highest BCUT2D eigenvalue weighted by molar-refractivity contribution is 5.25. The minimum absolute atomic E-state index is 0.0416. The topological polar surface area (TPSA) is 33.1 Å². The molecule has 1 unspecified atom stereocenters. The molecule has 0 fully saturated rings. The van der Waals surface area contributed by atoms with Gasteiger partial charge in [0.25, 0.3) is 0 Å². The zero-order valence-electron chi connectivity index (χ0n) is 9.90. The van der Waals surface area contributed by atoms with Crippen LogP contribution in [0.15, 0.2) is 36.5 Å². The van der Waals surface area contributed by atoms with Gasteiger partial charge in [0.15, 0.2) is 0 Å². The zero-order chi connectivity index (χ0) is 13.1. The van der Waals surface area contributed by atoms with E-state index in [0.717, 1.165) is 23.8 Å². The number of aryl methyl sites for hydroxylation is 1. The molecule has 0 saturated carbocycles. The van der Waals surface area contributed by atoms with Crippen LogP contribution >= 0.6 is 0 Å². The van der Waals surface area contributed by atoms with Gasteiger partial charge in [0.05, 0.1) is 6.10 Å². The predicted octanol–water partition coefficient (Wildman–Crippen LogP) is 2.94. The van der Waals surface area contributed by atoms with E-state index in [-0.39, 0.29) is 12.0 Å². The Kier molecular flexibility index (Phi) is 3.67. The fraction of sp³-hybridized carbons (Fsp3) is 0.214. The Morgan fingerprint density at radius 3 is 2.78 bits per heavy atom. The van der Waals surface area contributed by atoms with Crippen LogP contribution in [0.2, 0.25) is 0 Å². The number of aromatic nitrogens is 1. The first-order valence-corrected chi connectivity index (χ1v) is 5.61. The Balaban J connectivity index is 2.25. The Labute approximate surface area is 104 Å². The highest BCUT2D eigenvalue weighted by Gasteiger charge is 2.15. The third kappa shape index (κ3) is 2.71. The van der Waals surface area contributed by atoms with Gasteiger partial charge in [-0.15, -0.1) is 0 Å². The normalized spacial score (nSPS) is 12.4. The van der Waals surface area contributed by atoms with Gasteiger partial charge in [-0.3, -0.25) is 4.98 Å². The smallest absolute Gasteiger partial charge is 0.129 e. The summed E-state index contributed by atoms with van der Waals surface area (Å²) < 4.78 is 26.5. The monoisotopic (exact) mass is 249 g/mol. The second-order valence-electron chi connectivity index (χ2n) is 4.15. The molecule has 0 radical (unpaired) electrons. The lowest BCUT2D eigenvalue weighted by atomic mass is 10.0. The minimum Gasteiger partial charge on any atom is -0.388 e. The first-order chi connectivity index (χ1) is 8.58. The lowest BCUT2D eigenvalue weighted by Crippen LogP contribution is -2.07. The molecular weight excluding hydrogens is 236 g/mol. The highest BCUT2D eigenvalue weighted by Crippen LogP contribution is 2.22.